The number of unbranched alkanes of at least 4 members (excludes halogenated alkanes) is 2. The number of nitrogens with one attached hydrogen (secondary N) is 1. The minimum atomic E-state index is -1.04. The molecule has 6 atom stereocenters. The number of nitrogens with two attached hydrogens (primary N) is 4. The minimum absolute atomic E-state index is 0.0343. The molecule has 378 valence electrons. The quantitative estimate of drug-likeness (QED) is 0.0366. The van der Waals surface area contributed by atoms with Crippen molar-refractivity contribution in [3.63, 3.8) is 0 Å². The van der Waals surface area contributed by atoms with Crippen molar-refractivity contribution in [1.82, 2.24) is 54.7 Å². The highest BCUT2D eigenvalue weighted by Gasteiger charge is 2.35. The van der Waals surface area contributed by atoms with E-state index in [0.29, 0.717) is 147 Å². The molecule has 2 fully saturated rings. The average Bonchev–Trinajstić information content (AvgIpc) is 4.05. The zero-order valence-electron chi connectivity index (χ0n) is 40.3. The Bertz CT molecular complexity index is 1980. The number of nitrogens with zero attached hydrogens (tertiary/aromatic N) is 13. The number of aliphatic hydroxyl groups excluding tert-OH is 1. The van der Waals surface area contributed by atoms with Gasteiger partial charge in [0.1, 0.15) is 12.6 Å². The van der Waals surface area contributed by atoms with Crippen LogP contribution in [-0.2, 0) is 23.8 Å². The molecule has 2 saturated heterocycles. The Hall–Kier alpha value is -5.13. The van der Waals surface area contributed by atoms with Gasteiger partial charge in [-0.25, -0.2) is 9.36 Å². The summed E-state index contributed by atoms with van der Waals surface area (Å²) in [6.07, 6.45) is 13.0. The van der Waals surface area contributed by atoms with E-state index < -0.39 is 18.2 Å². The second-order valence-electron chi connectivity index (χ2n) is 17.3. The second kappa shape index (κ2) is 28.4. The van der Waals surface area contributed by atoms with Crippen LogP contribution in [0.3, 0.4) is 0 Å². The number of terminal acetylenes is 1. The number of piperazine rings is 2. The van der Waals surface area contributed by atoms with Gasteiger partial charge in [-0.2, -0.15) is 15.0 Å². The van der Waals surface area contributed by atoms with Crippen LogP contribution in [0.25, 0.3) is 0 Å². The van der Waals surface area contributed by atoms with Crippen LogP contribution < -0.4 is 38.1 Å². The number of carbonyl (C=O) groups is 2. The third kappa shape index (κ3) is 15.7. The summed E-state index contributed by atoms with van der Waals surface area (Å²) in [7, 11) is 0. The molecule has 1 unspecified atom stereocenters. The number of rotatable bonds is 30. The summed E-state index contributed by atoms with van der Waals surface area (Å²) < 4.78 is 19.6. The molecule has 24 nitrogen and oxygen atoms in total. The highest BCUT2D eigenvalue weighted by Crippen LogP contribution is 2.26. The molecule has 10 N–H and O–H groups in total. The Balaban J connectivity index is 1.25. The van der Waals surface area contributed by atoms with Gasteiger partial charge in [0.15, 0.2) is 6.04 Å². The molecule has 2 aliphatic heterocycles. The van der Waals surface area contributed by atoms with E-state index in [-0.39, 0.29) is 36.4 Å². The normalized spacial score (nSPS) is 17.1. The maximum absolute atomic E-state index is 14.2. The summed E-state index contributed by atoms with van der Waals surface area (Å²) in [6.45, 7) is 12.9. The van der Waals surface area contributed by atoms with Crippen molar-refractivity contribution in [3.05, 3.63) is 23.8 Å². The van der Waals surface area contributed by atoms with Crippen LogP contribution in [0.1, 0.15) is 101 Å². The lowest BCUT2D eigenvalue weighted by Gasteiger charge is -2.38. The summed E-state index contributed by atoms with van der Waals surface area (Å²) in [4.78, 5) is 50.4. The zero-order valence-corrected chi connectivity index (χ0v) is 40.3. The fourth-order valence-corrected chi connectivity index (χ4v) is 7.96. The van der Waals surface area contributed by atoms with Gasteiger partial charge in [0.05, 0.1) is 75.0 Å². The van der Waals surface area contributed by atoms with Crippen LogP contribution in [0.5, 0.6) is 0 Å². The number of anilines is 3. The highest BCUT2D eigenvalue weighted by molar-refractivity contribution is 5.81. The van der Waals surface area contributed by atoms with Gasteiger partial charge in [-0.05, 0) is 58.0 Å². The van der Waals surface area contributed by atoms with Gasteiger partial charge in [0.25, 0.3) is 0 Å². The summed E-state index contributed by atoms with van der Waals surface area (Å²) in [5.74, 6) is 3.59. The fourth-order valence-electron chi connectivity index (χ4n) is 7.96. The van der Waals surface area contributed by atoms with Crippen LogP contribution in [-0.4, -0.2) is 189 Å². The Labute approximate surface area is 400 Å². The van der Waals surface area contributed by atoms with E-state index in [2.05, 4.69) is 45.7 Å². The Morgan fingerprint density at radius 3 is 1.88 bits per heavy atom. The van der Waals surface area contributed by atoms with E-state index in [4.69, 9.17) is 58.5 Å². The molecule has 2 aliphatic rings. The van der Waals surface area contributed by atoms with Gasteiger partial charge in [0.2, 0.25) is 29.7 Å². The lowest BCUT2D eigenvalue weighted by Crippen LogP contribution is -2.53. The highest BCUT2D eigenvalue weighted by atomic mass is 16.5. The first-order chi connectivity index (χ1) is 33.0. The average molecular weight is 953 g/mol. The molecule has 0 aliphatic carbocycles. The summed E-state index contributed by atoms with van der Waals surface area (Å²) in [5.41, 5.74) is 25.5. The van der Waals surface area contributed by atoms with Gasteiger partial charge >= 0.3 is 0 Å². The molecule has 68 heavy (non-hydrogen) atoms. The van der Waals surface area contributed by atoms with Gasteiger partial charge < -0.3 is 67.2 Å². The molecular formula is C44H76N18O6. The maximum atomic E-state index is 14.2. The SMILES string of the molecule is C#CCOCCOCCOCCNc1nc(N2CCN(C(=O)C([C@@H](C)O)n3cc([C@@H](N)CCCCN)nn3)CC2)nc(N2CCN(C(=O)[C@H](CCCCN)n3cc([C@@H](N)[C@H](C)CC)nn3)CC2)n1. The molecule has 5 heterocycles. The number of aromatic nitrogens is 9. The van der Waals surface area contributed by atoms with Crippen LogP contribution in [0.15, 0.2) is 12.4 Å². The number of amides is 2. The molecule has 2 amide bonds. The summed E-state index contributed by atoms with van der Waals surface area (Å²) >= 11 is 0. The number of hydrogen-bond acceptors (Lipinski definition) is 20. The first-order valence-corrected chi connectivity index (χ1v) is 24.2. The fraction of sp³-hybridized carbons (Fsp3) is 0.750. The van der Waals surface area contributed by atoms with Crippen LogP contribution in [0.4, 0.5) is 17.8 Å². The molecule has 3 aromatic rings. The van der Waals surface area contributed by atoms with Crippen LogP contribution in [0.2, 0.25) is 0 Å². The largest absolute Gasteiger partial charge is 0.391 e. The molecule has 0 spiro atoms. The number of carbonyl (C=O) groups excluding carboxylic acids is 2. The van der Waals surface area contributed by atoms with Gasteiger partial charge in [-0.1, -0.05) is 43.0 Å². The monoisotopic (exact) mass is 953 g/mol. The molecule has 0 radical (unpaired) electrons. The standard InChI is InChI=1S/C44H76N18O6/c1-5-24-66-26-28-68-29-27-67-25-15-49-42-50-43(59-20-16-57(17-21-59)40(64)37(12-8-10-14-46)61-31-36(54-55-61)38(48)32(3)6-2)52-44(51-42)60-22-18-58(19-23-60)41(65)39(33(4)63)62-30-35(53-56-62)34(47)11-7-9-13-45/h1,30-34,37-39,63H,6-29,45-48H2,2-4H3,(H,49,50,51,52)/t32-,33-,34+,37+,38+,39?/m1/s1. The molecule has 0 aromatic carbocycles. The molecule has 0 bridgehead atoms. The number of hydrogen-bond donors (Lipinski definition) is 6. The lowest BCUT2D eigenvalue weighted by molar-refractivity contribution is -0.138. The Morgan fingerprint density at radius 2 is 1.29 bits per heavy atom. The van der Waals surface area contributed by atoms with Gasteiger partial charge in [-0.15, -0.1) is 16.6 Å². The zero-order chi connectivity index (χ0) is 48.8. The predicted octanol–water partition coefficient (Wildman–Crippen LogP) is -0.386. The smallest absolute Gasteiger partial charge is 0.250 e. The van der Waals surface area contributed by atoms with Crippen LogP contribution >= 0.6 is 0 Å². The lowest BCUT2D eigenvalue weighted by atomic mass is 9.98. The molecular weight excluding hydrogens is 877 g/mol. The minimum Gasteiger partial charge on any atom is -0.391 e. The van der Waals surface area contributed by atoms with Gasteiger partial charge in [-0.3, -0.25) is 9.59 Å². The Morgan fingerprint density at radius 1 is 0.750 bits per heavy atom. The van der Waals surface area contributed by atoms with Crippen molar-refractivity contribution < 1.29 is 28.9 Å². The van der Waals surface area contributed by atoms with E-state index in [9.17, 15) is 14.7 Å². The summed E-state index contributed by atoms with van der Waals surface area (Å²) in [6, 6.07) is -2.15. The van der Waals surface area contributed by atoms with Crippen molar-refractivity contribution in [2.24, 2.45) is 28.9 Å². The first-order valence-electron chi connectivity index (χ1n) is 24.2. The third-order valence-electron chi connectivity index (χ3n) is 12.4. The Kier molecular flexibility index (Phi) is 22.5. The van der Waals surface area contributed by atoms with E-state index in [0.717, 1.165) is 32.1 Å². The van der Waals surface area contributed by atoms with Crippen molar-refractivity contribution in [1.29, 1.82) is 0 Å². The van der Waals surface area contributed by atoms with Crippen molar-refractivity contribution in [2.45, 2.75) is 96.0 Å². The summed E-state index contributed by atoms with van der Waals surface area (Å²) in [5, 5.41) is 31.3. The number of ether oxygens (including phenoxy) is 3. The van der Waals surface area contributed by atoms with Crippen LogP contribution in [0, 0.1) is 18.3 Å². The first kappa shape index (κ1) is 53.8. The second-order valence-corrected chi connectivity index (χ2v) is 17.3. The third-order valence-corrected chi connectivity index (χ3v) is 12.4. The number of aliphatic hydroxyl groups is 1. The molecule has 0 saturated carbocycles. The van der Waals surface area contributed by atoms with Crippen molar-refractivity contribution in [2.75, 3.05) is 127 Å². The molecule has 5 rings (SSSR count). The van der Waals surface area contributed by atoms with Gasteiger partial charge in [0, 0.05) is 58.9 Å². The van der Waals surface area contributed by atoms with Crippen molar-refractivity contribution >= 4 is 29.7 Å². The van der Waals surface area contributed by atoms with Crippen molar-refractivity contribution in [3.8, 4) is 12.3 Å². The van der Waals surface area contributed by atoms with E-state index in [1.807, 2.05) is 20.9 Å². The topological polar surface area (TPSA) is 311 Å². The van der Waals surface area contributed by atoms with E-state index in [1.54, 1.807) is 22.7 Å². The molecule has 3 aromatic heterocycles. The predicted molar refractivity (Wildman–Crippen MR) is 256 cm³/mol. The van der Waals surface area contributed by atoms with E-state index in [1.165, 1.54) is 4.68 Å². The van der Waals surface area contributed by atoms with E-state index >= 15 is 0 Å². The maximum Gasteiger partial charge on any atom is 0.250 e. The molecule has 24 heteroatoms.